The van der Waals surface area contributed by atoms with Crippen molar-refractivity contribution in [2.24, 2.45) is 0 Å². The highest BCUT2D eigenvalue weighted by atomic mass is 16.5. The Kier molecular flexibility index (Phi) is 10.6. The van der Waals surface area contributed by atoms with Crippen molar-refractivity contribution in [1.82, 2.24) is 10.2 Å². The second-order valence-electron chi connectivity index (χ2n) is 6.38. The van der Waals surface area contributed by atoms with Crippen molar-refractivity contribution in [3.63, 3.8) is 0 Å². The molecule has 0 saturated heterocycles. The fourth-order valence-corrected chi connectivity index (χ4v) is 2.39. The summed E-state index contributed by atoms with van der Waals surface area (Å²) in [7, 11) is 1.79. The lowest BCUT2D eigenvalue weighted by molar-refractivity contribution is 0.113. The Morgan fingerprint density at radius 1 is 1.05 bits per heavy atom. The van der Waals surface area contributed by atoms with Crippen LogP contribution in [0.25, 0.3) is 0 Å². The third kappa shape index (κ3) is 10.3. The van der Waals surface area contributed by atoms with E-state index >= 15 is 0 Å². The van der Waals surface area contributed by atoms with E-state index in [0.717, 1.165) is 19.7 Å². The molecule has 0 rings (SSSR count). The third-order valence-electron chi connectivity index (χ3n) is 3.57. The number of rotatable bonds is 11. The zero-order valence-corrected chi connectivity index (χ0v) is 14.1. The predicted molar refractivity (Wildman–Crippen MR) is 84.8 cm³/mol. The molecule has 3 nitrogen and oxygen atoms in total. The molecule has 0 saturated carbocycles. The summed E-state index contributed by atoms with van der Waals surface area (Å²) in [6.07, 6.45) is 4.99. The first-order valence-electron chi connectivity index (χ1n) is 7.92. The molecule has 0 bridgehead atoms. The van der Waals surface area contributed by atoms with Gasteiger partial charge in [-0.2, -0.15) is 0 Å². The number of nitrogens with one attached hydrogen (secondary N) is 1. The molecule has 0 aliphatic rings. The SMILES string of the molecule is CCC(CC)N(CCCCNC(C)(C)C)CCOC. The summed E-state index contributed by atoms with van der Waals surface area (Å²) in [6, 6.07) is 0.714. The zero-order valence-electron chi connectivity index (χ0n) is 14.1. The van der Waals surface area contributed by atoms with E-state index in [1.165, 1.54) is 32.2 Å². The van der Waals surface area contributed by atoms with E-state index in [2.05, 4.69) is 44.8 Å². The Bertz CT molecular complexity index is 197. The van der Waals surface area contributed by atoms with E-state index in [1.807, 2.05) is 0 Å². The summed E-state index contributed by atoms with van der Waals surface area (Å²) in [5.41, 5.74) is 0.241. The number of unbranched alkanes of at least 4 members (excludes halogenated alkanes) is 1. The average Bonchev–Trinajstić information content (AvgIpc) is 2.34. The molecule has 0 radical (unpaired) electrons. The highest BCUT2D eigenvalue weighted by molar-refractivity contribution is 4.72. The fraction of sp³-hybridized carbons (Fsp3) is 1.00. The molecule has 0 aliphatic carbocycles. The van der Waals surface area contributed by atoms with Crippen molar-refractivity contribution in [3.8, 4) is 0 Å². The molecule has 1 N–H and O–H groups in total. The Morgan fingerprint density at radius 2 is 1.68 bits per heavy atom. The van der Waals surface area contributed by atoms with Crippen molar-refractivity contribution in [2.75, 3.05) is 33.4 Å². The van der Waals surface area contributed by atoms with E-state index in [0.29, 0.717) is 6.04 Å². The van der Waals surface area contributed by atoms with Crippen molar-refractivity contribution in [2.45, 2.75) is 71.9 Å². The molecule has 0 spiro atoms. The first-order chi connectivity index (χ1) is 8.94. The number of nitrogens with zero attached hydrogens (tertiary/aromatic N) is 1. The molecule has 0 atom stereocenters. The van der Waals surface area contributed by atoms with Gasteiger partial charge < -0.3 is 10.1 Å². The number of hydrogen-bond acceptors (Lipinski definition) is 3. The summed E-state index contributed by atoms with van der Waals surface area (Å²) in [4.78, 5) is 2.60. The molecule has 0 aromatic carbocycles. The van der Waals surface area contributed by atoms with Crippen LogP contribution >= 0.6 is 0 Å². The summed E-state index contributed by atoms with van der Waals surface area (Å²) >= 11 is 0. The van der Waals surface area contributed by atoms with E-state index in [4.69, 9.17) is 4.74 Å². The molecular formula is C16H36N2O. The summed E-state index contributed by atoms with van der Waals surface area (Å²) in [5, 5.41) is 3.55. The molecule has 0 aromatic rings. The van der Waals surface area contributed by atoms with Crippen molar-refractivity contribution < 1.29 is 4.74 Å². The Balaban J connectivity index is 3.91. The summed E-state index contributed by atoms with van der Waals surface area (Å²) < 4.78 is 5.23. The van der Waals surface area contributed by atoms with Crippen LogP contribution in [0.3, 0.4) is 0 Å². The summed E-state index contributed by atoms with van der Waals surface area (Å²) in [6.45, 7) is 15.5. The van der Waals surface area contributed by atoms with Gasteiger partial charge in [-0.1, -0.05) is 13.8 Å². The third-order valence-corrected chi connectivity index (χ3v) is 3.57. The van der Waals surface area contributed by atoms with Gasteiger partial charge in [0.25, 0.3) is 0 Å². The van der Waals surface area contributed by atoms with Crippen LogP contribution in [0.2, 0.25) is 0 Å². The molecule has 0 aromatic heterocycles. The number of hydrogen-bond donors (Lipinski definition) is 1. The van der Waals surface area contributed by atoms with Crippen LogP contribution in [0.5, 0.6) is 0 Å². The largest absolute Gasteiger partial charge is 0.383 e. The highest BCUT2D eigenvalue weighted by Gasteiger charge is 2.14. The van der Waals surface area contributed by atoms with Gasteiger partial charge in [0, 0.05) is 25.2 Å². The molecule has 0 unspecified atom stereocenters. The maximum Gasteiger partial charge on any atom is 0.0589 e. The maximum atomic E-state index is 5.23. The molecule has 0 fully saturated rings. The van der Waals surface area contributed by atoms with E-state index in [-0.39, 0.29) is 5.54 Å². The smallest absolute Gasteiger partial charge is 0.0589 e. The minimum absolute atomic E-state index is 0.241. The topological polar surface area (TPSA) is 24.5 Å². The second kappa shape index (κ2) is 10.6. The Hall–Kier alpha value is -0.120. The highest BCUT2D eigenvalue weighted by Crippen LogP contribution is 2.10. The van der Waals surface area contributed by atoms with Crippen molar-refractivity contribution in [1.29, 1.82) is 0 Å². The molecule has 3 heteroatoms. The minimum atomic E-state index is 0.241. The van der Waals surface area contributed by atoms with Gasteiger partial charge in [0.2, 0.25) is 0 Å². The average molecular weight is 272 g/mol. The minimum Gasteiger partial charge on any atom is -0.383 e. The van der Waals surface area contributed by atoms with Crippen LogP contribution in [0.1, 0.15) is 60.3 Å². The van der Waals surface area contributed by atoms with Crippen LogP contribution in [0.4, 0.5) is 0 Å². The number of ether oxygens (including phenoxy) is 1. The lowest BCUT2D eigenvalue weighted by Gasteiger charge is -2.30. The van der Waals surface area contributed by atoms with E-state index in [1.54, 1.807) is 7.11 Å². The Morgan fingerprint density at radius 3 is 2.16 bits per heavy atom. The van der Waals surface area contributed by atoms with Gasteiger partial charge in [-0.3, -0.25) is 4.90 Å². The lowest BCUT2D eigenvalue weighted by atomic mass is 10.1. The molecular weight excluding hydrogens is 236 g/mol. The van der Waals surface area contributed by atoms with Gasteiger partial charge in [0.1, 0.15) is 0 Å². The van der Waals surface area contributed by atoms with Crippen LogP contribution in [-0.4, -0.2) is 49.8 Å². The fourth-order valence-electron chi connectivity index (χ4n) is 2.39. The van der Waals surface area contributed by atoms with Gasteiger partial charge in [-0.05, 0) is 59.5 Å². The monoisotopic (exact) mass is 272 g/mol. The molecule has 19 heavy (non-hydrogen) atoms. The molecule has 0 amide bonds. The summed E-state index contributed by atoms with van der Waals surface area (Å²) in [5.74, 6) is 0. The number of methoxy groups -OCH3 is 1. The first-order valence-corrected chi connectivity index (χ1v) is 7.92. The van der Waals surface area contributed by atoms with Crippen LogP contribution in [0, 0.1) is 0 Å². The van der Waals surface area contributed by atoms with Gasteiger partial charge in [0.05, 0.1) is 6.61 Å². The van der Waals surface area contributed by atoms with Gasteiger partial charge in [-0.15, -0.1) is 0 Å². The Labute approximate surface area is 121 Å². The normalized spacial score (nSPS) is 12.6. The van der Waals surface area contributed by atoms with Crippen LogP contribution in [0.15, 0.2) is 0 Å². The first kappa shape index (κ1) is 18.9. The molecule has 116 valence electrons. The maximum absolute atomic E-state index is 5.23. The van der Waals surface area contributed by atoms with Gasteiger partial charge in [0.15, 0.2) is 0 Å². The van der Waals surface area contributed by atoms with Gasteiger partial charge >= 0.3 is 0 Å². The van der Waals surface area contributed by atoms with Crippen molar-refractivity contribution in [3.05, 3.63) is 0 Å². The molecule has 0 aliphatic heterocycles. The lowest BCUT2D eigenvalue weighted by Crippen LogP contribution is -2.39. The zero-order chi connectivity index (χ0) is 14.7. The van der Waals surface area contributed by atoms with Crippen LogP contribution in [-0.2, 0) is 4.74 Å². The standard InChI is InChI=1S/C16H36N2O/c1-7-15(8-2)18(13-14-19-6)12-10-9-11-17-16(3,4)5/h15,17H,7-14H2,1-6H3. The quantitative estimate of drug-likeness (QED) is 0.584. The molecule has 0 heterocycles. The predicted octanol–water partition coefficient (Wildman–Crippen LogP) is 3.29. The van der Waals surface area contributed by atoms with Crippen molar-refractivity contribution >= 4 is 0 Å². The second-order valence-corrected chi connectivity index (χ2v) is 6.38. The van der Waals surface area contributed by atoms with E-state index < -0.39 is 0 Å². The van der Waals surface area contributed by atoms with Crippen LogP contribution < -0.4 is 5.32 Å². The van der Waals surface area contributed by atoms with Gasteiger partial charge in [-0.25, -0.2) is 0 Å². The van der Waals surface area contributed by atoms with E-state index in [9.17, 15) is 0 Å².